The van der Waals surface area contributed by atoms with Gasteiger partial charge >= 0.3 is 0 Å². The summed E-state index contributed by atoms with van der Waals surface area (Å²) >= 11 is 1.38. The predicted molar refractivity (Wildman–Crippen MR) is 113 cm³/mol. The maximum absolute atomic E-state index is 12.5. The van der Waals surface area contributed by atoms with Crippen LogP contribution in [0.4, 0.5) is 0 Å². The van der Waals surface area contributed by atoms with Gasteiger partial charge in [0, 0.05) is 11.4 Å². The monoisotopic (exact) mass is 428 g/mol. The van der Waals surface area contributed by atoms with Crippen molar-refractivity contribution in [2.24, 2.45) is 0 Å². The highest BCUT2D eigenvalue weighted by molar-refractivity contribution is 8.00. The normalized spacial score (nSPS) is 14.0. The molecule has 30 heavy (non-hydrogen) atoms. The summed E-state index contributed by atoms with van der Waals surface area (Å²) in [6.45, 7) is 2.46. The lowest BCUT2D eigenvalue weighted by molar-refractivity contribution is -0.132. The molecule has 0 spiro atoms. The summed E-state index contributed by atoms with van der Waals surface area (Å²) in [5, 5.41) is 9.03. The molecule has 0 bridgehead atoms. The lowest BCUT2D eigenvalue weighted by Crippen LogP contribution is -2.33. The first-order valence-corrected chi connectivity index (χ1v) is 10.7. The fraction of sp³-hybridized carbons (Fsp3) is 0.318. The lowest BCUT2D eigenvalue weighted by atomic mass is 10.1. The minimum atomic E-state index is -0.400. The average Bonchev–Trinajstić information content (AvgIpc) is 3.00. The van der Waals surface area contributed by atoms with Crippen LogP contribution in [0, 0.1) is 0 Å². The van der Waals surface area contributed by atoms with Gasteiger partial charge in [0.25, 0.3) is 17.7 Å². The molecule has 8 heteroatoms. The number of unbranched alkanes of at least 4 members (excludes halogenated alkanes) is 1. The number of amides is 3. The van der Waals surface area contributed by atoms with Gasteiger partial charge in [-0.05, 0) is 56.2 Å². The van der Waals surface area contributed by atoms with Crippen molar-refractivity contribution >= 4 is 29.5 Å². The third-order valence-corrected chi connectivity index (χ3v) is 5.98. The standard InChI is InChI=1S/C22H24N2O5S/c1-2-29-23-20(26)19(30-16-12-10-15(25)11-13-16)9-5-6-14-24-21(27)17-7-3-4-8-18(17)22(24)28/h3-4,7-8,10-13,19,25H,2,5-6,9,14H2,1H3,(H,23,26). The summed E-state index contributed by atoms with van der Waals surface area (Å²) in [4.78, 5) is 44.5. The molecule has 0 aromatic heterocycles. The SMILES string of the molecule is CCONC(=O)C(CCCCN1C(=O)c2ccccc2C1=O)Sc1ccc(O)cc1. The van der Waals surface area contributed by atoms with E-state index in [1.165, 1.54) is 16.7 Å². The molecule has 0 radical (unpaired) electrons. The number of aromatic hydroxyl groups is 1. The molecule has 3 rings (SSSR count). The number of phenols is 1. The van der Waals surface area contributed by atoms with Crippen molar-refractivity contribution < 1.29 is 24.3 Å². The number of thioether (sulfide) groups is 1. The number of fused-ring (bicyclic) bond motifs is 1. The van der Waals surface area contributed by atoms with Crippen molar-refractivity contribution in [3.8, 4) is 5.75 Å². The lowest BCUT2D eigenvalue weighted by Gasteiger charge is -2.17. The van der Waals surface area contributed by atoms with Gasteiger partial charge in [0.1, 0.15) is 5.75 Å². The molecule has 2 aromatic carbocycles. The van der Waals surface area contributed by atoms with E-state index in [2.05, 4.69) is 5.48 Å². The summed E-state index contributed by atoms with van der Waals surface area (Å²) in [5.41, 5.74) is 3.33. The van der Waals surface area contributed by atoms with Crippen LogP contribution < -0.4 is 5.48 Å². The number of benzene rings is 2. The van der Waals surface area contributed by atoms with Crippen LogP contribution in [-0.4, -0.2) is 46.1 Å². The second kappa shape index (κ2) is 10.3. The maximum Gasteiger partial charge on any atom is 0.261 e. The van der Waals surface area contributed by atoms with Crippen molar-refractivity contribution in [2.75, 3.05) is 13.2 Å². The van der Waals surface area contributed by atoms with Crippen LogP contribution in [-0.2, 0) is 9.63 Å². The molecule has 0 fully saturated rings. The van der Waals surface area contributed by atoms with Crippen molar-refractivity contribution in [3.63, 3.8) is 0 Å². The molecule has 0 saturated heterocycles. The van der Waals surface area contributed by atoms with Gasteiger partial charge in [-0.1, -0.05) is 18.6 Å². The van der Waals surface area contributed by atoms with E-state index >= 15 is 0 Å². The van der Waals surface area contributed by atoms with Crippen LogP contribution in [0.3, 0.4) is 0 Å². The molecule has 0 saturated carbocycles. The number of nitrogens with one attached hydrogen (secondary N) is 1. The van der Waals surface area contributed by atoms with Gasteiger partial charge < -0.3 is 5.11 Å². The Morgan fingerprint density at radius 1 is 1.07 bits per heavy atom. The van der Waals surface area contributed by atoms with E-state index in [1.807, 2.05) is 0 Å². The topological polar surface area (TPSA) is 95.9 Å². The third-order valence-electron chi connectivity index (χ3n) is 4.70. The van der Waals surface area contributed by atoms with Gasteiger partial charge in [-0.15, -0.1) is 11.8 Å². The number of imide groups is 1. The Balaban J connectivity index is 1.55. The molecule has 1 heterocycles. The quantitative estimate of drug-likeness (QED) is 0.261. The number of rotatable bonds is 10. The highest BCUT2D eigenvalue weighted by Gasteiger charge is 2.34. The van der Waals surface area contributed by atoms with Crippen LogP contribution in [0.5, 0.6) is 5.75 Å². The second-order valence-electron chi connectivity index (χ2n) is 6.80. The molecular weight excluding hydrogens is 404 g/mol. The van der Waals surface area contributed by atoms with Crippen LogP contribution in [0.2, 0.25) is 0 Å². The summed E-state index contributed by atoms with van der Waals surface area (Å²) in [7, 11) is 0. The minimum Gasteiger partial charge on any atom is -0.508 e. The Kier molecular flexibility index (Phi) is 7.48. The number of hydroxylamine groups is 1. The maximum atomic E-state index is 12.5. The van der Waals surface area contributed by atoms with Crippen LogP contribution in [0.25, 0.3) is 0 Å². The molecule has 1 aliphatic heterocycles. The van der Waals surface area contributed by atoms with E-state index in [-0.39, 0.29) is 23.5 Å². The van der Waals surface area contributed by atoms with Crippen molar-refractivity contribution in [1.82, 2.24) is 10.4 Å². The Morgan fingerprint density at radius 2 is 1.70 bits per heavy atom. The molecule has 3 amide bonds. The van der Waals surface area contributed by atoms with Gasteiger partial charge in [-0.3, -0.25) is 24.1 Å². The molecule has 1 unspecified atom stereocenters. The number of nitrogens with zero attached hydrogens (tertiary/aromatic N) is 1. The van der Waals surface area contributed by atoms with Crippen LogP contribution in [0.15, 0.2) is 53.4 Å². The summed E-state index contributed by atoms with van der Waals surface area (Å²) < 4.78 is 0. The summed E-state index contributed by atoms with van der Waals surface area (Å²) in [6, 6.07) is 13.5. The van der Waals surface area contributed by atoms with Crippen molar-refractivity contribution in [1.29, 1.82) is 0 Å². The fourth-order valence-corrected chi connectivity index (χ4v) is 4.24. The summed E-state index contributed by atoms with van der Waals surface area (Å²) in [6.07, 6.45) is 1.80. The van der Waals surface area contributed by atoms with E-state index in [0.717, 1.165) is 4.90 Å². The molecular formula is C22H24N2O5S. The Labute approximate surface area is 179 Å². The first kappa shape index (κ1) is 21.9. The van der Waals surface area contributed by atoms with Crippen molar-refractivity contribution in [2.45, 2.75) is 36.3 Å². The first-order valence-electron chi connectivity index (χ1n) is 9.83. The van der Waals surface area contributed by atoms with E-state index in [0.29, 0.717) is 43.5 Å². The number of hydrogen-bond acceptors (Lipinski definition) is 6. The largest absolute Gasteiger partial charge is 0.508 e. The number of phenolic OH excluding ortho intramolecular Hbond substituents is 1. The zero-order valence-electron chi connectivity index (χ0n) is 16.7. The molecule has 7 nitrogen and oxygen atoms in total. The highest BCUT2D eigenvalue weighted by Crippen LogP contribution is 2.29. The molecule has 2 N–H and O–H groups in total. The Morgan fingerprint density at radius 3 is 2.30 bits per heavy atom. The number of carbonyl (C=O) groups excluding carboxylic acids is 3. The average molecular weight is 429 g/mol. The van der Waals surface area contributed by atoms with Gasteiger partial charge in [-0.2, -0.15) is 0 Å². The van der Waals surface area contributed by atoms with Gasteiger partial charge in [-0.25, -0.2) is 5.48 Å². The molecule has 1 aliphatic rings. The highest BCUT2D eigenvalue weighted by atomic mass is 32.2. The molecule has 2 aromatic rings. The predicted octanol–water partition coefficient (Wildman–Crippen LogP) is 3.39. The van der Waals surface area contributed by atoms with Crippen molar-refractivity contribution in [3.05, 3.63) is 59.7 Å². The molecule has 0 aliphatic carbocycles. The Hall–Kier alpha value is -2.84. The van der Waals surface area contributed by atoms with Gasteiger partial charge in [0.05, 0.1) is 23.0 Å². The van der Waals surface area contributed by atoms with Crippen LogP contribution in [0.1, 0.15) is 46.9 Å². The number of carbonyl (C=O) groups is 3. The minimum absolute atomic E-state index is 0.163. The third kappa shape index (κ3) is 5.20. The van der Waals surface area contributed by atoms with Crippen LogP contribution >= 0.6 is 11.8 Å². The first-order chi connectivity index (χ1) is 14.5. The molecule has 158 valence electrons. The zero-order chi connectivity index (χ0) is 21.5. The molecule has 1 atom stereocenters. The number of hydrogen-bond donors (Lipinski definition) is 2. The van der Waals surface area contributed by atoms with E-state index < -0.39 is 5.25 Å². The van der Waals surface area contributed by atoms with Gasteiger partial charge in [0.2, 0.25) is 0 Å². The fourth-order valence-electron chi connectivity index (χ4n) is 3.18. The smallest absolute Gasteiger partial charge is 0.261 e. The van der Waals surface area contributed by atoms with E-state index in [1.54, 1.807) is 55.5 Å². The van der Waals surface area contributed by atoms with E-state index in [4.69, 9.17) is 4.84 Å². The van der Waals surface area contributed by atoms with E-state index in [9.17, 15) is 19.5 Å². The second-order valence-corrected chi connectivity index (χ2v) is 8.08. The van der Waals surface area contributed by atoms with Gasteiger partial charge in [0.15, 0.2) is 0 Å². The summed E-state index contributed by atoms with van der Waals surface area (Å²) in [5.74, 6) is -0.606. The zero-order valence-corrected chi connectivity index (χ0v) is 17.5. The Bertz CT molecular complexity index is 881.